The van der Waals surface area contributed by atoms with E-state index in [2.05, 4.69) is 10.4 Å². The summed E-state index contributed by atoms with van der Waals surface area (Å²) in [6.45, 7) is 1.67. The summed E-state index contributed by atoms with van der Waals surface area (Å²) in [5.74, 6) is -0.468. The van der Waals surface area contributed by atoms with Gasteiger partial charge >= 0.3 is 5.97 Å². The third-order valence-electron chi connectivity index (χ3n) is 3.97. The third-order valence-corrected chi connectivity index (χ3v) is 4.86. The zero-order valence-corrected chi connectivity index (χ0v) is 16.9. The Hall–Kier alpha value is -3.24. The van der Waals surface area contributed by atoms with E-state index in [0.29, 0.717) is 21.8 Å². The summed E-state index contributed by atoms with van der Waals surface area (Å²) in [5, 5.41) is 9.27. The van der Waals surface area contributed by atoms with Crippen molar-refractivity contribution in [2.75, 3.05) is 32.8 Å². The Labute approximate surface area is 169 Å². The number of esters is 1. The lowest BCUT2D eigenvalue weighted by atomic mass is 10.2. The van der Waals surface area contributed by atoms with E-state index in [1.165, 1.54) is 14.2 Å². The van der Waals surface area contributed by atoms with Gasteiger partial charge in [-0.05, 0) is 31.2 Å². The first kappa shape index (κ1) is 20.5. The van der Waals surface area contributed by atoms with Gasteiger partial charge in [0.25, 0.3) is 11.5 Å². The van der Waals surface area contributed by atoms with Crippen molar-refractivity contribution in [1.82, 2.24) is 9.78 Å². The molecule has 2 aromatic heterocycles. The van der Waals surface area contributed by atoms with Crippen molar-refractivity contribution in [3.05, 3.63) is 45.7 Å². The number of anilines is 1. The molecule has 0 atom stereocenters. The van der Waals surface area contributed by atoms with Crippen LogP contribution in [-0.4, -0.2) is 49.1 Å². The van der Waals surface area contributed by atoms with Gasteiger partial charge in [-0.1, -0.05) is 0 Å². The lowest BCUT2D eigenvalue weighted by Gasteiger charge is -2.10. The molecule has 0 aliphatic rings. The van der Waals surface area contributed by atoms with Gasteiger partial charge < -0.3 is 19.5 Å². The van der Waals surface area contributed by atoms with Gasteiger partial charge in [0.05, 0.1) is 24.8 Å². The fraction of sp³-hybridized carbons (Fsp3) is 0.263. The number of thiophene rings is 1. The smallest absolute Gasteiger partial charge is 0.359 e. The number of rotatable bonds is 7. The van der Waals surface area contributed by atoms with Gasteiger partial charge in [0.15, 0.2) is 5.69 Å². The molecule has 0 saturated heterocycles. The van der Waals surface area contributed by atoms with Crippen LogP contribution in [0.25, 0.3) is 16.5 Å². The number of nitrogens with zero attached hydrogens (tertiary/aromatic N) is 2. The van der Waals surface area contributed by atoms with Gasteiger partial charge in [-0.3, -0.25) is 9.59 Å². The second kappa shape index (κ2) is 8.84. The number of fused-ring (bicyclic) bond motifs is 1. The summed E-state index contributed by atoms with van der Waals surface area (Å²) in [4.78, 5) is 37.6. The summed E-state index contributed by atoms with van der Waals surface area (Å²) in [5.41, 5.74) is -0.0587. The highest BCUT2D eigenvalue weighted by Gasteiger charge is 2.23. The normalized spacial score (nSPS) is 10.7. The molecule has 1 N–H and O–H groups in total. The van der Waals surface area contributed by atoms with Crippen LogP contribution in [0.4, 0.5) is 5.00 Å². The molecule has 0 aliphatic heterocycles. The van der Waals surface area contributed by atoms with Crippen LogP contribution in [0.1, 0.15) is 17.4 Å². The number of ether oxygens (including phenoxy) is 3. The Morgan fingerprint density at radius 1 is 1.21 bits per heavy atom. The zero-order chi connectivity index (χ0) is 21.0. The number of carbonyl (C=O) groups excluding carboxylic acids is 2. The number of amides is 1. The van der Waals surface area contributed by atoms with Crippen LogP contribution in [0.2, 0.25) is 0 Å². The third kappa shape index (κ3) is 4.13. The summed E-state index contributed by atoms with van der Waals surface area (Å²) >= 11 is 1.12. The molecule has 0 saturated carbocycles. The molecule has 2 heterocycles. The molecule has 1 amide bonds. The Morgan fingerprint density at radius 2 is 1.93 bits per heavy atom. The van der Waals surface area contributed by atoms with E-state index in [-0.39, 0.29) is 24.3 Å². The summed E-state index contributed by atoms with van der Waals surface area (Å²) < 4.78 is 16.1. The molecule has 9 nitrogen and oxygen atoms in total. The van der Waals surface area contributed by atoms with Crippen molar-refractivity contribution >= 4 is 39.0 Å². The molecule has 0 bridgehead atoms. The standard InChI is InChI=1S/C19H19N3O6S/c1-4-28-19(25)16-13-10-29-17(20-14(23)9-26-2)15(13)18(24)22(21-16)11-5-7-12(27-3)8-6-11/h5-8,10H,4,9H2,1-3H3,(H,20,23). The summed E-state index contributed by atoms with van der Waals surface area (Å²) in [6.07, 6.45) is 0. The van der Waals surface area contributed by atoms with E-state index in [1.54, 1.807) is 36.6 Å². The molecule has 29 heavy (non-hydrogen) atoms. The molecule has 0 unspecified atom stereocenters. The van der Waals surface area contributed by atoms with Gasteiger partial charge in [0, 0.05) is 17.9 Å². The second-order valence-electron chi connectivity index (χ2n) is 5.82. The summed E-state index contributed by atoms with van der Waals surface area (Å²) in [7, 11) is 2.93. The fourth-order valence-electron chi connectivity index (χ4n) is 2.68. The van der Waals surface area contributed by atoms with Crippen molar-refractivity contribution in [2.24, 2.45) is 0 Å². The number of benzene rings is 1. The van der Waals surface area contributed by atoms with Crippen LogP contribution in [0.15, 0.2) is 34.4 Å². The van der Waals surface area contributed by atoms with E-state index in [1.807, 2.05) is 0 Å². The highest BCUT2D eigenvalue weighted by atomic mass is 32.1. The lowest BCUT2D eigenvalue weighted by Crippen LogP contribution is -2.26. The van der Waals surface area contributed by atoms with E-state index in [9.17, 15) is 14.4 Å². The minimum Gasteiger partial charge on any atom is -0.497 e. The first-order valence-corrected chi connectivity index (χ1v) is 9.53. The SMILES string of the molecule is CCOC(=O)c1nn(-c2ccc(OC)cc2)c(=O)c2c(NC(=O)COC)scc12. The number of nitrogens with one attached hydrogen (secondary N) is 1. The topological polar surface area (TPSA) is 109 Å². The van der Waals surface area contributed by atoms with E-state index in [0.717, 1.165) is 16.0 Å². The van der Waals surface area contributed by atoms with Gasteiger partial charge in [-0.2, -0.15) is 9.78 Å². The van der Waals surface area contributed by atoms with E-state index < -0.39 is 17.4 Å². The minimum atomic E-state index is -0.660. The van der Waals surface area contributed by atoms with Gasteiger partial charge in [0.2, 0.25) is 0 Å². The van der Waals surface area contributed by atoms with Gasteiger partial charge in [0.1, 0.15) is 17.4 Å². The van der Waals surface area contributed by atoms with E-state index in [4.69, 9.17) is 14.2 Å². The van der Waals surface area contributed by atoms with Crippen molar-refractivity contribution in [2.45, 2.75) is 6.92 Å². The van der Waals surface area contributed by atoms with Crippen molar-refractivity contribution in [3.8, 4) is 11.4 Å². The maximum Gasteiger partial charge on any atom is 0.359 e. The van der Waals surface area contributed by atoms with Crippen molar-refractivity contribution < 1.29 is 23.8 Å². The Morgan fingerprint density at radius 3 is 2.55 bits per heavy atom. The lowest BCUT2D eigenvalue weighted by molar-refractivity contribution is -0.119. The number of carbonyl (C=O) groups is 2. The molecule has 1 aromatic carbocycles. The zero-order valence-electron chi connectivity index (χ0n) is 16.1. The molecule has 0 fully saturated rings. The van der Waals surface area contributed by atoms with Crippen LogP contribution in [0.5, 0.6) is 5.75 Å². The first-order chi connectivity index (χ1) is 14.0. The highest BCUT2D eigenvalue weighted by Crippen LogP contribution is 2.30. The average molecular weight is 417 g/mol. The quantitative estimate of drug-likeness (QED) is 0.587. The predicted octanol–water partition coefficient (Wildman–Crippen LogP) is 2.22. The molecular weight excluding hydrogens is 398 g/mol. The molecule has 10 heteroatoms. The number of methoxy groups -OCH3 is 2. The van der Waals surface area contributed by atoms with Crippen molar-refractivity contribution in [3.63, 3.8) is 0 Å². The summed E-state index contributed by atoms with van der Waals surface area (Å²) in [6, 6.07) is 6.63. The van der Waals surface area contributed by atoms with Crippen LogP contribution in [0, 0.1) is 0 Å². The van der Waals surface area contributed by atoms with Crippen LogP contribution in [0.3, 0.4) is 0 Å². The van der Waals surface area contributed by atoms with E-state index >= 15 is 0 Å². The molecule has 3 aromatic rings. The molecular formula is C19H19N3O6S. The number of hydrogen-bond donors (Lipinski definition) is 1. The maximum atomic E-state index is 13.2. The highest BCUT2D eigenvalue weighted by molar-refractivity contribution is 7.16. The average Bonchev–Trinajstić information content (AvgIpc) is 3.13. The molecule has 0 radical (unpaired) electrons. The second-order valence-corrected chi connectivity index (χ2v) is 6.70. The molecule has 3 rings (SSSR count). The first-order valence-electron chi connectivity index (χ1n) is 8.65. The molecule has 152 valence electrons. The molecule has 0 spiro atoms. The number of aromatic nitrogens is 2. The largest absolute Gasteiger partial charge is 0.497 e. The minimum absolute atomic E-state index is 0.0132. The fourth-order valence-corrected chi connectivity index (χ4v) is 3.64. The van der Waals surface area contributed by atoms with Crippen molar-refractivity contribution in [1.29, 1.82) is 0 Å². The Bertz CT molecular complexity index is 1100. The van der Waals surface area contributed by atoms with Gasteiger partial charge in [-0.25, -0.2) is 4.79 Å². The van der Waals surface area contributed by atoms with Crippen LogP contribution >= 0.6 is 11.3 Å². The van der Waals surface area contributed by atoms with Gasteiger partial charge in [-0.15, -0.1) is 11.3 Å². The monoisotopic (exact) mass is 417 g/mol. The maximum absolute atomic E-state index is 13.2. The molecule has 0 aliphatic carbocycles. The predicted molar refractivity (Wildman–Crippen MR) is 108 cm³/mol. The van der Waals surface area contributed by atoms with Crippen LogP contribution in [-0.2, 0) is 14.3 Å². The number of hydrogen-bond acceptors (Lipinski definition) is 8. The Kier molecular flexibility index (Phi) is 6.25. The van der Waals surface area contributed by atoms with Crippen LogP contribution < -0.4 is 15.6 Å². The Balaban J connectivity index is 2.22.